The second kappa shape index (κ2) is 10.5. The Morgan fingerprint density at radius 1 is 1.19 bits per heavy atom. The van der Waals surface area contributed by atoms with E-state index in [1.165, 1.54) is 0 Å². The summed E-state index contributed by atoms with van der Waals surface area (Å²) in [6.07, 6.45) is 2.40. The first-order valence-corrected chi connectivity index (χ1v) is 11.3. The largest absolute Gasteiger partial charge is 0.493 e. The summed E-state index contributed by atoms with van der Waals surface area (Å²) in [7, 11) is 0. The molecule has 1 unspecified atom stereocenters. The molecule has 3 aromatic rings. The van der Waals surface area contributed by atoms with E-state index in [0.29, 0.717) is 23.7 Å². The zero-order valence-electron chi connectivity index (χ0n) is 17.3. The predicted molar refractivity (Wildman–Crippen MR) is 116 cm³/mol. The van der Waals surface area contributed by atoms with Gasteiger partial charge in [0.05, 0.1) is 23.8 Å². The molecule has 1 fully saturated rings. The number of nitrogens with zero attached hydrogens (tertiary/aromatic N) is 2. The van der Waals surface area contributed by atoms with Gasteiger partial charge >= 0.3 is 5.97 Å². The van der Waals surface area contributed by atoms with Gasteiger partial charge in [-0.05, 0) is 44.0 Å². The molecule has 7 nitrogen and oxygen atoms in total. The molecule has 0 saturated carbocycles. The minimum atomic E-state index is -0.426. The second-order valence-electron chi connectivity index (χ2n) is 6.96. The lowest BCUT2D eigenvalue weighted by molar-refractivity contribution is 0.0425. The van der Waals surface area contributed by atoms with Crippen LogP contribution in [0, 0.1) is 0 Å². The highest BCUT2D eigenvalue weighted by Gasteiger charge is 2.19. The Balaban J connectivity index is 1.39. The third-order valence-electron chi connectivity index (χ3n) is 4.78. The first-order valence-electron chi connectivity index (χ1n) is 10.3. The minimum absolute atomic E-state index is 0.104. The summed E-state index contributed by atoms with van der Waals surface area (Å²) in [5.41, 5.74) is 1.24. The number of thioether (sulfide) groups is 1. The SMILES string of the molecule is CCOc1ccccc1-c1noc(COC(=O)c2ccccc2SCC2CCCO2)n1. The fraction of sp³-hybridized carbons (Fsp3) is 0.348. The van der Waals surface area contributed by atoms with Crippen LogP contribution in [0.25, 0.3) is 11.4 Å². The lowest BCUT2D eigenvalue weighted by Gasteiger charge is -2.11. The number of carbonyl (C=O) groups is 1. The molecule has 0 amide bonds. The van der Waals surface area contributed by atoms with Crippen molar-refractivity contribution in [1.82, 2.24) is 10.1 Å². The van der Waals surface area contributed by atoms with E-state index >= 15 is 0 Å². The molecule has 31 heavy (non-hydrogen) atoms. The highest BCUT2D eigenvalue weighted by atomic mass is 32.2. The lowest BCUT2D eigenvalue weighted by atomic mass is 10.2. The van der Waals surface area contributed by atoms with E-state index in [1.807, 2.05) is 49.4 Å². The Morgan fingerprint density at radius 2 is 2.03 bits per heavy atom. The predicted octanol–water partition coefficient (Wildman–Crippen LogP) is 4.76. The van der Waals surface area contributed by atoms with Crippen LogP contribution in [0.15, 0.2) is 57.9 Å². The molecule has 0 N–H and O–H groups in total. The fourth-order valence-corrected chi connectivity index (χ4v) is 4.39. The maximum atomic E-state index is 12.7. The van der Waals surface area contributed by atoms with Crippen LogP contribution >= 0.6 is 11.8 Å². The van der Waals surface area contributed by atoms with Crippen LogP contribution in [-0.4, -0.2) is 41.2 Å². The zero-order valence-corrected chi connectivity index (χ0v) is 18.1. The summed E-state index contributed by atoms with van der Waals surface area (Å²) in [5, 5.41) is 4.00. The van der Waals surface area contributed by atoms with Gasteiger partial charge in [0.25, 0.3) is 5.89 Å². The van der Waals surface area contributed by atoms with Crippen molar-refractivity contribution in [3.63, 3.8) is 0 Å². The third-order valence-corrected chi connectivity index (χ3v) is 5.98. The van der Waals surface area contributed by atoms with Gasteiger partial charge in [-0.15, -0.1) is 11.8 Å². The molecule has 0 radical (unpaired) electrons. The lowest BCUT2D eigenvalue weighted by Crippen LogP contribution is -2.10. The summed E-state index contributed by atoms with van der Waals surface area (Å²) in [6, 6.07) is 14.9. The van der Waals surface area contributed by atoms with Gasteiger partial charge in [-0.25, -0.2) is 4.79 Å². The topological polar surface area (TPSA) is 83.7 Å². The first-order chi connectivity index (χ1) is 15.2. The molecule has 4 rings (SSSR count). The fourth-order valence-electron chi connectivity index (χ4n) is 3.28. The molecule has 0 bridgehead atoms. The maximum absolute atomic E-state index is 12.7. The standard InChI is InChI=1S/C23H24N2O5S/c1-2-27-19-11-5-3-9-17(19)22-24-21(30-25-22)14-29-23(26)18-10-4-6-12-20(18)31-15-16-8-7-13-28-16/h3-6,9-12,16H,2,7-8,13-15H2,1H3. The zero-order chi connectivity index (χ0) is 21.5. The molecule has 1 aliphatic rings. The molecular formula is C23H24N2O5S. The number of ether oxygens (including phenoxy) is 3. The molecule has 1 atom stereocenters. The van der Waals surface area contributed by atoms with Crippen LogP contribution in [0.2, 0.25) is 0 Å². The number of para-hydroxylation sites is 1. The molecule has 0 spiro atoms. The number of hydrogen-bond acceptors (Lipinski definition) is 8. The molecule has 1 aromatic heterocycles. The van der Waals surface area contributed by atoms with Crippen molar-refractivity contribution in [3.8, 4) is 17.1 Å². The average Bonchev–Trinajstić information content (AvgIpc) is 3.49. The number of rotatable bonds is 9. The van der Waals surface area contributed by atoms with Gasteiger partial charge in [0.1, 0.15) is 5.75 Å². The summed E-state index contributed by atoms with van der Waals surface area (Å²) in [6.45, 7) is 3.15. The van der Waals surface area contributed by atoms with E-state index in [1.54, 1.807) is 17.8 Å². The van der Waals surface area contributed by atoms with Crippen LogP contribution in [-0.2, 0) is 16.1 Å². The summed E-state index contributed by atoms with van der Waals surface area (Å²) in [4.78, 5) is 17.9. The van der Waals surface area contributed by atoms with E-state index in [0.717, 1.165) is 35.7 Å². The molecule has 1 saturated heterocycles. The molecule has 0 aliphatic carbocycles. The van der Waals surface area contributed by atoms with Crippen LogP contribution < -0.4 is 4.74 Å². The van der Waals surface area contributed by atoms with Crippen molar-refractivity contribution < 1.29 is 23.5 Å². The number of benzene rings is 2. The molecule has 1 aliphatic heterocycles. The van der Waals surface area contributed by atoms with Crippen LogP contribution in [0.3, 0.4) is 0 Å². The number of carbonyl (C=O) groups excluding carboxylic acids is 1. The van der Waals surface area contributed by atoms with Crippen LogP contribution in [0.4, 0.5) is 0 Å². The quantitative estimate of drug-likeness (QED) is 0.348. The van der Waals surface area contributed by atoms with Gasteiger partial charge in [0.15, 0.2) is 6.61 Å². The van der Waals surface area contributed by atoms with E-state index in [9.17, 15) is 4.79 Å². The van der Waals surface area contributed by atoms with Crippen molar-refractivity contribution in [3.05, 3.63) is 60.0 Å². The molecule has 2 aromatic carbocycles. The Bertz CT molecular complexity index is 1020. The molecular weight excluding hydrogens is 416 g/mol. The monoisotopic (exact) mass is 440 g/mol. The van der Waals surface area contributed by atoms with Gasteiger partial charge in [-0.2, -0.15) is 4.98 Å². The van der Waals surface area contributed by atoms with E-state index < -0.39 is 5.97 Å². The van der Waals surface area contributed by atoms with Crippen molar-refractivity contribution in [2.45, 2.75) is 37.4 Å². The van der Waals surface area contributed by atoms with E-state index in [2.05, 4.69) is 10.1 Å². The van der Waals surface area contributed by atoms with Crippen LogP contribution in [0.5, 0.6) is 5.75 Å². The van der Waals surface area contributed by atoms with Crippen molar-refractivity contribution in [2.75, 3.05) is 19.0 Å². The highest BCUT2D eigenvalue weighted by Crippen LogP contribution is 2.29. The Hall–Kier alpha value is -2.84. The number of hydrogen-bond donors (Lipinski definition) is 0. The smallest absolute Gasteiger partial charge is 0.339 e. The summed E-state index contributed by atoms with van der Waals surface area (Å²) >= 11 is 1.61. The van der Waals surface area contributed by atoms with E-state index in [4.69, 9.17) is 18.7 Å². The Morgan fingerprint density at radius 3 is 2.87 bits per heavy atom. The maximum Gasteiger partial charge on any atom is 0.339 e. The normalized spacial score (nSPS) is 15.7. The first kappa shape index (κ1) is 21.4. The molecule has 8 heteroatoms. The van der Waals surface area contributed by atoms with Crippen molar-refractivity contribution >= 4 is 17.7 Å². The van der Waals surface area contributed by atoms with Gasteiger partial charge < -0.3 is 18.7 Å². The Labute approximate surface area is 185 Å². The summed E-state index contributed by atoms with van der Waals surface area (Å²) < 4.78 is 22.0. The minimum Gasteiger partial charge on any atom is -0.493 e. The van der Waals surface area contributed by atoms with Gasteiger partial charge in [0, 0.05) is 17.3 Å². The second-order valence-corrected chi connectivity index (χ2v) is 8.02. The van der Waals surface area contributed by atoms with Gasteiger partial charge in [-0.3, -0.25) is 0 Å². The number of esters is 1. The van der Waals surface area contributed by atoms with Gasteiger partial charge in [-0.1, -0.05) is 29.4 Å². The van der Waals surface area contributed by atoms with Gasteiger partial charge in [0.2, 0.25) is 5.82 Å². The number of aromatic nitrogens is 2. The van der Waals surface area contributed by atoms with Crippen molar-refractivity contribution in [2.24, 2.45) is 0 Å². The van der Waals surface area contributed by atoms with Crippen LogP contribution in [0.1, 0.15) is 36.0 Å². The molecule has 2 heterocycles. The molecule has 162 valence electrons. The van der Waals surface area contributed by atoms with E-state index in [-0.39, 0.29) is 18.6 Å². The third kappa shape index (κ3) is 5.45. The summed E-state index contributed by atoms with van der Waals surface area (Å²) in [5.74, 6) is 1.68. The van der Waals surface area contributed by atoms with Crippen molar-refractivity contribution in [1.29, 1.82) is 0 Å². The average molecular weight is 441 g/mol. The Kier molecular flexibility index (Phi) is 7.22. The highest BCUT2D eigenvalue weighted by molar-refractivity contribution is 7.99.